The molecule has 0 fully saturated rings. The maximum absolute atomic E-state index is 13.3. The first kappa shape index (κ1) is 24.2. The van der Waals surface area contributed by atoms with E-state index >= 15 is 0 Å². The number of hydrogen-bond acceptors (Lipinski definition) is 3. The molecule has 0 saturated heterocycles. The number of pyridine rings is 1. The predicted octanol–water partition coefficient (Wildman–Crippen LogP) is 9.41. The van der Waals surface area contributed by atoms with Gasteiger partial charge in [-0.15, -0.1) is 0 Å². The molecule has 0 amide bonds. The normalized spacial score (nSPS) is 13.6. The van der Waals surface area contributed by atoms with E-state index in [9.17, 15) is 4.79 Å². The second kappa shape index (κ2) is 8.52. The van der Waals surface area contributed by atoms with Gasteiger partial charge in [0, 0.05) is 28.1 Å². The Morgan fingerprint density at radius 1 is 0.628 bits per heavy atom. The molecule has 4 heteroatoms. The zero-order chi connectivity index (χ0) is 28.9. The van der Waals surface area contributed by atoms with Gasteiger partial charge in [-0.2, -0.15) is 0 Å². The largest absolute Gasteiger partial charge is 0.456 e. The van der Waals surface area contributed by atoms with Gasteiger partial charge in [0.15, 0.2) is 0 Å². The van der Waals surface area contributed by atoms with Crippen molar-refractivity contribution in [3.05, 3.63) is 143 Å². The Kier molecular flexibility index (Phi) is 4.79. The lowest BCUT2D eigenvalue weighted by Crippen LogP contribution is -2.14. The standard InChI is InChI=1S/C39H26N2O2/c1-39(2)32-9-5-3-7-26(32)29-20-30-27-17-18-40-22-35(27)41(34(30)21-33(29)39)25-14-11-23(12-15-25)24-13-16-37-31(19-24)38(42)28-8-4-6-10-36(28)43-37/h3-22H,1-2H3. The molecule has 0 radical (unpaired) electrons. The molecule has 0 atom stereocenters. The van der Waals surface area contributed by atoms with Crippen LogP contribution in [0.1, 0.15) is 25.0 Å². The highest BCUT2D eigenvalue weighted by molar-refractivity contribution is 6.11. The molecule has 0 saturated carbocycles. The minimum Gasteiger partial charge on any atom is -0.456 e. The lowest BCUT2D eigenvalue weighted by molar-refractivity contribution is 0.660. The van der Waals surface area contributed by atoms with E-state index in [1.54, 1.807) is 0 Å². The fourth-order valence-corrected chi connectivity index (χ4v) is 7.12. The molecule has 0 spiro atoms. The highest BCUT2D eigenvalue weighted by atomic mass is 16.3. The van der Waals surface area contributed by atoms with E-state index in [1.807, 2.05) is 54.9 Å². The summed E-state index contributed by atoms with van der Waals surface area (Å²) in [5.41, 5.74) is 11.8. The van der Waals surface area contributed by atoms with Crippen LogP contribution in [0, 0.1) is 0 Å². The molecule has 204 valence electrons. The Balaban J connectivity index is 1.21. The van der Waals surface area contributed by atoms with E-state index in [-0.39, 0.29) is 10.8 Å². The van der Waals surface area contributed by atoms with Gasteiger partial charge in [-0.3, -0.25) is 9.78 Å². The fraction of sp³-hybridized carbons (Fsp3) is 0.0769. The van der Waals surface area contributed by atoms with Crippen molar-refractivity contribution in [3.8, 4) is 27.9 Å². The van der Waals surface area contributed by atoms with Crippen LogP contribution in [0.15, 0.2) is 131 Å². The van der Waals surface area contributed by atoms with Gasteiger partial charge >= 0.3 is 0 Å². The van der Waals surface area contributed by atoms with Crippen molar-refractivity contribution < 1.29 is 4.42 Å². The van der Waals surface area contributed by atoms with Crippen molar-refractivity contribution in [3.63, 3.8) is 0 Å². The lowest BCUT2D eigenvalue weighted by atomic mass is 9.82. The smallest absolute Gasteiger partial charge is 0.200 e. The molecule has 3 aromatic heterocycles. The van der Waals surface area contributed by atoms with E-state index in [0.717, 1.165) is 22.3 Å². The number of nitrogens with zero attached hydrogens (tertiary/aromatic N) is 2. The van der Waals surface area contributed by atoms with Crippen molar-refractivity contribution >= 4 is 43.7 Å². The van der Waals surface area contributed by atoms with E-state index < -0.39 is 0 Å². The number of rotatable bonds is 2. The van der Waals surface area contributed by atoms with Crippen molar-refractivity contribution in [1.82, 2.24) is 9.55 Å². The molecule has 3 heterocycles. The van der Waals surface area contributed by atoms with Crippen LogP contribution in [0.3, 0.4) is 0 Å². The molecule has 8 aromatic rings. The van der Waals surface area contributed by atoms with Crippen molar-refractivity contribution in [2.75, 3.05) is 0 Å². The van der Waals surface area contributed by atoms with Crippen LogP contribution < -0.4 is 5.43 Å². The average Bonchev–Trinajstić information content (AvgIpc) is 3.49. The molecule has 1 aliphatic carbocycles. The summed E-state index contributed by atoms with van der Waals surface area (Å²) in [5, 5.41) is 3.60. The lowest BCUT2D eigenvalue weighted by Gasteiger charge is -2.21. The third-order valence-electron chi connectivity index (χ3n) is 9.31. The topological polar surface area (TPSA) is 48.0 Å². The Hall–Kier alpha value is -5.48. The molecule has 5 aromatic carbocycles. The monoisotopic (exact) mass is 554 g/mol. The quantitative estimate of drug-likeness (QED) is 0.200. The van der Waals surface area contributed by atoms with Crippen LogP contribution in [0.25, 0.3) is 71.7 Å². The van der Waals surface area contributed by atoms with Gasteiger partial charge in [0.2, 0.25) is 5.43 Å². The van der Waals surface area contributed by atoms with Crippen molar-refractivity contribution in [2.45, 2.75) is 19.3 Å². The van der Waals surface area contributed by atoms with Crippen LogP contribution in [-0.4, -0.2) is 9.55 Å². The summed E-state index contributed by atoms with van der Waals surface area (Å²) < 4.78 is 8.35. The van der Waals surface area contributed by atoms with Crippen LogP contribution >= 0.6 is 0 Å². The Morgan fingerprint density at radius 3 is 2.28 bits per heavy atom. The van der Waals surface area contributed by atoms with E-state index in [0.29, 0.717) is 21.9 Å². The highest BCUT2D eigenvalue weighted by Crippen LogP contribution is 2.50. The first-order chi connectivity index (χ1) is 21.0. The maximum Gasteiger partial charge on any atom is 0.200 e. The molecule has 1 aliphatic rings. The van der Waals surface area contributed by atoms with E-state index in [1.165, 1.54) is 38.5 Å². The Labute approximate surface area is 247 Å². The second-order valence-electron chi connectivity index (χ2n) is 12.0. The number of fused-ring (bicyclic) bond motifs is 8. The summed E-state index contributed by atoms with van der Waals surface area (Å²) in [7, 11) is 0. The molecule has 0 bridgehead atoms. The van der Waals surface area contributed by atoms with Crippen LogP contribution in [0.2, 0.25) is 0 Å². The number of hydrogen-bond donors (Lipinski definition) is 0. The predicted molar refractivity (Wildman–Crippen MR) is 175 cm³/mol. The molecule has 0 N–H and O–H groups in total. The summed E-state index contributed by atoms with van der Waals surface area (Å²) in [6.07, 6.45) is 3.83. The zero-order valence-corrected chi connectivity index (χ0v) is 23.8. The maximum atomic E-state index is 13.3. The number of aromatic nitrogens is 2. The molecule has 0 unspecified atom stereocenters. The summed E-state index contributed by atoms with van der Waals surface area (Å²) in [5.74, 6) is 0. The minimum atomic E-state index is -0.0857. The first-order valence-corrected chi connectivity index (χ1v) is 14.6. The highest BCUT2D eigenvalue weighted by Gasteiger charge is 2.36. The van der Waals surface area contributed by atoms with Crippen LogP contribution in [-0.2, 0) is 5.41 Å². The van der Waals surface area contributed by atoms with Gasteiger partial charge < -0.3 is 8.98 Å². The van der Waals surface area contributed by atoms with Crippen LogP contribution in [0.5, 0.6) is 0 Å². The van der Waals surface area contributed by atoms with Gasteiger partial charge in [0.1, 0.15) is 11.2 Å². The Morgan fingerprint density at radius 2 is 1.40 bits per heavy atom. The fourth-order valence-electron chi connectivity index (χ4n) is 7.12. The second-order valence-corrected chi connectivity index (χ2v) is 12.0. The number of benzene rings is 5. The summed E-state index contributed by atoms with van der Waals surface area (Å²) in [4.78, 5) is 17.8. The van der Waals surface area contributed by atoms with Crippen molar-refractivity contribution in [2.24, 2.45) is 0 Å². The summed E-state index contributed by atoms with van der Waals surface area (Å²) >= 11 is 0. The van der Waals surface area contributed by atoms with Gasteiger partial charge in [0.05, 0.1) is 28.0 Å². The summed E-state index contributed by atoms with van der Waals surface area (Å²) in [6.45, 7) is 4.64. The SMILES string of the molecule is CC1(C)c2ccccc2-c2cc3c4ccncc4n(-c4ccc(-c5ccc6oc7ccccc7c(=O)c6c5)cc4)c3cc21. The minimum absolute atomic E-state index is 0.00860. The molecular weight excluding hydrogens is 528 g/mol. The molecule has 43 heavy (non-hydrogen) atoms. The molecule has 0 aliphatic heterocycles. The third kappa shape index (κ3) is 3.32. The number of para-hydroxylation sites is 1. The molecule has 4 nitrogen and oxygen atoms in total. The summed E-state index contributed by atoms with van der Waals surface area (Å²) in [6, 6.07) is 37.5. The first-order valence-electron chi connectivity index (χ1n) is 14.6. The van der Waals surface area contributed by atoms with Gasteiger partial charge in [0.25, 0.3) is 0 Å². The third-order valence-corrected chi connectivity index (χ3v) is 9.31. The van der Waals surface area contributed by atoms with Crippen LogP contribution in [0.4, 0.5) is 0 Å². The van der Waals surface area contributed by atoms with Crippen molar-refractivity contribution in [1.29, 1.82) is 0 Å². The van der Waals surface area contributed by atoms with E-state index in [2.05, 4.69) is 90.1 Å². The van der Waals surface area contributed by atoms with E-state index in [4.69, 9.17) is 4.42 Å². The Bertz CT molecular complexity index is 2500. The van der Waals surface area contributed by atoms with Gasteiger partial charge in [-0.25, -0.2) is 0 Å². The molecule has 9 rings (SSSR count). The van der Waals surface area contributed by atoms with Gasteiger partial charge in [-0.05, 0) is 88.0 Å². The van der Waals surface area contributed by atoms with Gasteiger partial charge in [-0.1, -0.05) is 68.4 Å². The average molecular weight is 555 g/mol. The zero-order valence-electron chi connectivity index (χ0n) is 23.8. The molecular formula is C39H26N2O2.